The number of ether oxygens (including phenoxy) is 2. The molecule has 3 aromatic rings. The second kappa shape index (κ2) is 13.5. The highest BCUT2D eigenvalue weighted by Crippen LogP contribution is 2.42. The van der Waals surface area contributed by atoms with Crippen molar-refractivity contribution in [2.24, 2.45) is 5.92 Å². The number of hydrogen-bond donors (Lipinski definition) is 1. The van der Waals surface area contributed by atoms with Gasteiger partial charge in [-0.15, -0.1) is 0 Å². The third kappa shape index (κ3) is 7.22. The molecule has 1 aliphatic carbocycles. The SMILES string of the molecule is COC1(C2CCCCC2)CCN(c2nc(-c3ccc(-c4ccc(C(=O)O)c(C5=CCN(C(=O)OC(C)(C)C)CC5)c4)cc3)no2)CC1. The number of rotatable bonds is 7. The van der Waals surface area contributed by atoms with Crippen molar-refractivity contribution in [1.29, 1.82) is 0 Å². The number of anilines is 1. The number of aromatic nitrogens is 2. The van der Waals surface area contributed by atoms with Crippen LogP contribution in [0.2, 0.25) is 0 Å². The molecule has 2 aliphatic heterocycles. The Morgan fingerprint density at radius 2 is 1.64 bits per heavy atom. The highest BCUT2D eigenvalue weighted by molar-refractivity contribution is 5.95. The Morgan fingerprint density at radius 3 is 2.26 bits per heavy atom. The number of carboxylic acid groups (broad SMARTS) is 1. The average molecular weight is 643 g/mol. The van der Waals surface area contributed by atoms with Crippen LogP contribution in [0.25, 0.3) is 28.1 Å². The van der Waals surface area contributed by atoms with Gasteiger partial charge in [-0.05, 0) is 93.2 Å². The molecule has 2 aromatic carbocycles. The zero-order valence-electron chi connectivity index (χ0n) is 28.0. The summed E-state index contributed by atoms with van der Waals surface area (Å²) in [6.45, 7) is 7.99. The molecule has 1 N–H and O–H groups in total. The van der Waals surface area contributed by atoms with Crippen molar-refractivity contribution < 1.29 is 28.7 Å². The Labute approximate surface area is 276 Å². The van der Waals surface area contributed by atoms with E-state index in [9.17, 15) is 14.7 Å². The predicted molar refractivity (Wildman–Crippen MR) is 180 cm³/mol. The Bertz CT molecular complexity index is 1610. The van der Waals surface area contributed by atoms with E-state index in [1.54, 1.807) is 11.0 Å². The second-order valence-corrected chi connectivity index (χ2v) is 14.0. The van der Waals surface area contributed by atoms with Gasteiger partial charge in [0.1, 0.15) is 5.60 Å². The van der Waals surface area contributed by atoms with Crippen molar-refractivity contribution in [3.05, 3.63) is 59.7 Å². The lowest BCUT2D eigenvalue weighted by Gasteiger charge is -2.46. The van der Waals surface area contributed by atoms with Gasteiger partial charge in [-0.25, -0.2) is 9.59 Å². The lowest BCUT2D eigenvalue weighted by atomic mass is 9.72. The minimum absolute atomic E-state index is 0.0495. The van der Waals surface area contributed by atoms with Gasteiger partial charge >= 0.3 is 18.1 Å². The molecule has 0 spiro atoms. The van der Waals surface area contributed by atoms with E-state index < -0.39 is 11.6 Å². The zero-order valence-corrected chi connectivity index (χ0v) is 28.0. The summed E-state index contributed by atoms with van der Waals surface area (Å²) in [7, 11) is 1.87. The van der Waals surface area contributed by atoms with E-state index in [4.69, 9.17) is 19.0 Å². The van der Waals surface area contributed by atoms with Gasteiger partial charge in [-0.2, -0.15) is 4.98 Å². The molecule has 1 amide bonds. The summed E-state index contributed by atoms with van der Waals surface area (Å²) in [5.74, 6) is 0.178. The molecule has 47 heavy (non-hydrogen) atoms. The first-order valence-electron chi connectivity index (χ1n) is 16.8. The molecular weight excluding hydrogens is 596 g/mol. The summed E-state index contributed by atoms with van der Waals surface area (Å²) < 4.78 is 17.4. The summed E-state index contributed by atoms with van der Waals surface area (Å²) >= 11 is 0. The van der Waals surface area contributed by atoms with Crippen molar-refractivity contribution in [1.82, 2.24) is 15.0 Å². The van der Waals surface area contributed by atoms with E-state index in [2.05, 4.69) is 10.1 Å². The van der Waals surface area contributed by atoms with Gasteiger partial charge in [0, 0.05) is 38.9 Å². The quantitative estimate of drug-likeness (QED) is 0.277. The van der Waals surface area contributed by atoms with E-state index in [1.807, 2.05) is 70.4 Å². The van der Waals surface area contributed by atoms with Crippen LogP contribution in [0.3, 0.4) is 0 Å². The Hall–Kier alpha value is -4.18. The van der Waals surface area contributed by atoms with Crippen LogP contribution in [0.1, 0.15) is 88.1 Å². The largest absolute Gasteiger partial charge is 0.478 e. The molecule has 1 aromatic heterocycles. The third-order valence-corrected chi connectivity index (χ3v) is 9.98. The summed E-state index contributed by atoms with van der Waals surface area (Å²) in [5.41, 5.74) is 3.85. The summed E-state index contributed by atoms with van der Waals surface area (Å²) in [6, 6.07) is 13.8. The number of carbonyl (C=O) groups is 2. The molecule has 0 atom stereocenters. The molecular formula is C37H46N4O6. The van der Waals surface area contributed by atoms with Crippen molar-refractivity contribution in [2.45, 2.75) is 83.3 Å². The van der Waals surface area contributed by atoms with Crippen molar-refractivity contribution in [3.63, 3.8) is 0 Å². The van der Waals surface area contributed by atoms with Crippen molar-refractivity contribution in [3.8, 4) is 22.5 Å². The van der Waals surface area contributed by atoms with Crippen LogP contribution < -0.4 is 4.90 Å². The molecule has 1 saturated heterocycles. The predicted octanol–water partition coefficient (Wildman–Crippen LogP) is 7.69. The van der Waals surface area contributed by atoms with Gasteiger partial charge in [0.15, 0.2) is 0 Å². The maximum Gasteiger partial charge on any atom is 0.410 e. The van der Waals surface area contributed by atoms with Crippen LogP contribution in [0.4, 0.5) is 10.8 Å². The summed E-state index contributed by atoms with van der Waals surface area (Å²) in [5, 5.41) is 14.2. The number of amides is 1. The smallest absolute Gasteiger partial charge is 0.410 e. The van der Waals surface area contributed by atoms with Gasteiger partial charge in [0.05, 0.1) is 11.2 Å². The van der Waals surface area contributed by atoms with Crippen LogP contribution in [0, 0.1) is 5.92 Å². The van der Waals surface area contributed by atoms with Gasteiger partial charge in [0.2, 0.25) is 5.82 Å². The maximum atomic E-state index is 12.5. The number of methoxy groups -OCH3 is 1. The lowest BCUT2D eigenvalue weighted by molar-refractivity contribution is -0.0860. The highest BCUT2D eigenvalue weighted by atomic mass is 16.6. The first-order valence-corrected chi connectivity index (χ1v) is 16.8. The second-order valence-electron chi connectivity index (χ2n) is 14.0. The standard InChI is InChI=1S/C37H46N4O6/c1-36(2,3)46-35(44)41-20-16-26(17-21-41)31-24-28(14-15-30(31)33(42)43)25-10-12-27(13-11-25)32-38-34(47-39-32)40-22-18-37(45-4,19-23-40)29-8-6-5-7-9-29/h10-16,24,29H,5-9,17-23H2,1-4H3,(H,42,43). The number of carbonyl (C=O) groups excluding carboxylic acids is 1. The van der Waals surface area contributed by atoms with Gasteiger partial charge in [-0.3, -0.25) is 0 Å². The normalized spacial score (nSPS) is 18.9. The molecule has 10 heteroatoms. The Balaban J connectivity index is 1.14. The van der Waals surface area contributed by atoms with E-state index >= 15 is 0 Å². The number of carboxylic acids is 1. The van der Waals surface area contributed by atoms with Gasteiger partial charge in [-0.1, -0.05) is 60.8 Å². The molecule has 3 heterocycles. The Kier molecular flexibility index (Phi) is 9.41. The highest BCUT2D eigenvalue weighted by Gasteiger charge is 2.42. The van der Waals surface area contributed by atoms with Crippen LogP contribution in [-0.2, 0) is 9.47 Å². The molecule has 0 unspecified atom stereocenters. The molecule has 0 bridgehead atoms. The molecule has 1 saturated carbocycles. The molecule has 10 nitrogen and oxygen atoms in total. The van der Waals surface area contributed by atoms with E-state index in [0.29, 0.717) is 42.8 Å². The summed E-state index contributed by atoms with van der Waals surface area (Å²) in [4.78, 5) is 33.2. The van der Waals surface area contributed by atoms with E-state index in [-0.39, 0.29) is 17.3 Å². The van der Waals surface area contributed by atoms with E-state index in [1.165, 1.54) is 32.1 Å². The first-order chi connectivity index (χ1) is 22.5. The van der Waals surface area contributed by atoms with Gasteiger partial charge < -0.3 is 28.9 Å². The van der Waals surface area contributed by atoms with Crippen molar-refractivity contribution >= 4 is 23.7 Å². The summed E-state index contributed by atoms with van der Waals surface area (Å²) in [6.07, 6.45) is 10.5. The average Bonchev–Trinajstić information content (AvgIpc) is 3.58. The number of benzene rings is 2. The van der Waals surface area contributed by atoms with E-state index in [0.717, 1.165) is 48.2 Å². The maximum absolute atomic E-state index is 12.5. The minimum atomic E-state index is -0.985. The zero-order chi connectivity index (χ0) is 33.2. The molecule has 0 radical (unpaired) electrons. The fourth-order valence-electron chi connectivity index (χ4n) is 7.34. The fraction of sp³-hybridized carbons (Fsp3) is 0.514. The number of aromatic carboxylic acids is 1. The molecule has 2 fully saturated rings. The van der Waals surface area contributed by atoms with Crippen LogP contribution >= 0.6 is 0 Å². The van der Waals surface area contributed by atoms with Crippen molar-refractivity contribution in [2.75, 3.05) is 38.2 Å². The Morgan fingerprint density at radius 1 is 0.957 bits per heavy atom. The third-order valence-electron chi connectivity index (χ3n) is 9.98. The number of piperidine rings is 1. The number of nitrogens with zero attached hydrogens (tertiary/aromatic N) is 4. The topological polar surface area (TPSA) is 118 Å². The molecule has 6 rings (SSSR count). The monoisotopic (exact) mass is 642 g/mol. The van der Waals surface area contributed by atoms with Crippen LogP contribution in [0.15, 0.2) is 53.1 Å². The van der Waals surface area contributed by atoms with Crippen LogP contribution in [0.5, 0.6) is 0 Å². The van der Waals surface area contributed by atoms with Crippen LogP contribution in [-0.4, -0.2) is 76.7 Å². The minimum Gasteiger partial charge on any atom is -0.478 e. The lowest BCUT2D eigenvalue weighted by Crippen LogP contribution is -2.50. The first kappa shape index (κ1) is 32.7. The fourth-order valence-corrected chi connectivity index (χ4v) is 7.34. The number of hydrogen-bond acceptors (Lipinski definition) is 8. The van der Waals surface area contributed by atoms with Gasteiger partial charge in [0.25, 0.3) is 0 Å². The molecule has 3 aliphatic rings. The molecule has 250 valence electrons.